The van der Waals surface area contributed by atoms with Crippen LogP contribution in [0.4, 0.5) is 0 Å². The maximum atomic E-state index is 11.9. The van der Waals surface area contributed by atoms with Crippen LogP contribution < -0.4 is 10.6 Å². The summed E-state index contributed by atoms with van der Waals surface area (Å²) in [6.07, 6.45) is 7.36. The summed E-state index contributed by atoms with van der Waals surface area (Å²) in [5.41, 5.74) is 1.53. The zero-order valence-corrected chi connectivity index (χ0v) is 18.7. The van der Waals surface area contributed by atoms with Crippen LogP contribution in [0.5, 0.6) is 0 Å². The predicted octanol–water partition coefficient (Wildman–Crippen LogP) is 5.10. The van der Waals surface area contributed by atoms with Crippen molar-refractivity contribution in [2.75, 3.05) is 26.1 Å². The van der Waals surface area contributed by atoms with E-state index >= 15 is 0 Å². The van der Waals surface area contributed by atoms with Crippen molar-refractivity contribution in [3.8, 4) is 0 Å². The van der Waals surface area contributed by atoms with Crippen molar-refractivity contribution in [2.45, 2.75) is 36.0 Å². The van der Waals surface area contributed by atoms with E-state index in [9.17, 15) is 9.59 Å². The van der Waals surface area contributed by atoms with Gasteiger partial charge in [-0.05, 0) is 43.2 Å². The van der Waals surface area contributed by atoms with E-state index in [1.54, 1.807) is 30.6 Å². The average Bonchev–Trinajstić information content (AvgIpc) is 2.76. The molecular formula is C22H30N2O2S2. The molecular weight excluding hydrogens is 388 g/mol. The molecule has 0 aliphatic heterocycles. The van der Waals surface area contributed by atoms with Crippen molar-refractivity contribution in [1.82, 2.24) is 10.6 Å². The largest absolute Gasteiger partial charge is 0.355 e. The van der Waals surface area contributed by atoms with E-state index in [1.165, 1.54) is 12.8 Å². The third-order valence-corrected chi connectivity index (χ3v) is 5.59. The third-order valence-electron chi connectivity index (χ3n) is 4.00. The number of carbonyl (C=O) groups is 2. The summed E-state index contributed by atoms with van der Waals surface area (Å²) >= 11 is 3.18. The van der Waals surface area contributed by atoms with Crippen LogP contribution in [0.15, 0.2) is 58.3 Å². The maximum absolute atomic E-state index is 11.9. The Balaban J connectivity index is 0.000000292. The van der Waals surface area contributed by atoms with Gasteiger partial charge in [-0.15, -0.1) is 23.5 Å². The Morgan fingerprint density at radius 2 is 1.32 bits per heavy atom. The van der Waals surface area contributed by atoms with Crippen LogP contribution in [-0.4, -0.2) is 37.9 Å². The first-order valence-corrected chi connectivity index (χ1v) is 11.8. The minimum absolute atomic E-state index is 0.0278. The van der Waals surface area contributed by atoms with E-state index in [0.717, 1.165) is 33.9 Å². The maximum Gasteiger partial charge on any atom is 0.252 e. The molecule has 0 saturated heterocycles. The second kappa shape index (κ2) is 14.1. The standard InChI is InChI=1S/C13H19NOS.C9H11NOS/c1-3-4-7-10-14-13(15)11-8-5-6-9-12(11)16-2;1-10-9(11)7-5-3-4-6-8(7)12-2/h5-6,8-9H,3-4,7,10H2,1-2H3,(H,14,15);3-6H,1-2H3,(H,10,11). The molecule has 0 unspecified atom stereocenters. The molecule has 2 amide bonds. The Morgan fingerprint density at radius 3 is 1.79 bits per heavy atom. The molecule has 28 heavy (non-hydrogen) atoms. The highest BCUT2D eigenvalue weighted by atomic mass is 32.2. The Hall–Kier alpha value is -1.92. The Morgan fingerprint density at radius 1 is 0.821 bits per heavy atom. The Bertz CT molecular complexity index is 751. The number of benzene rings is 2. The highest BCUT2D eigenvalue weighted by Gasteiger charge is 2.09. The van der Waals surface area contributed by atoms with E-state index in [2.05, 4.69) is 17.6 Å². The van der Waals surface area contributed by atoms with Crippen molar-refractivity contribution in [2.24, 2.45) is 0 Å². The Labute approximate surface area is 177 Å². The molecule has 0 spiro atoms. The van der Waals surface area contributed by atoms with Crippen molar-refractivity contribution in [3.63, 3.8) is 0 Å². The van der Waals surface area contributed by atoms with E-state index in [0.29, 0.717) is 0 Å². The van der Waals surface area contributed by atoms with Crippen LogP contribution in [0.1, 0.15) is 46.9 Å². The van der Waals surface area contributed by atoms with Crippen LogP contribution in [0.25, 0.3) is 0 Å². The second-order valence-electron chi connectivity index (χ2n) is 5.94. The van der Waals surface area contributed by atoms with Crippen molar-refractivity contribution < 1.29 is 9.59 Å². The summed E-state index contributed by atoms with van der Waals surface area (Å²) in [6.45, 7) is 2.93. The third kappa shape index (κ3) is 7.98. The van der Waals surface area contributed by atoms with Gasteiger partial charge < -0.3 is 10.6 Å². The number of nitrogens with one attached hydrogen (secondary N) is 2. The first-order valence-electron chi connectivity index (χ1n) is 9.35. The molecule has 152 valence electrons. The van der Waals surface area contributed by atoms with Crippen molar-refractivity contribution >= 4 is 35.3 Å². The molecule has 0 aliphatic carbocycles. The summed E-state index contributed by atoms with van der Waals surface area (Å²) in [6, 6.07) is 15.3. The number of amides is 2. The molecule has 0 atom stereocenters. The van der Waals surface area contributed by atoms with Gasteiger partial charge in [-0.1, -0.05) is 44.0 Å². The molecule has 0 fully saturated rings. The van der Waals surface area contributed by atoms with E-state index < -0.39 is 0 Å². The number of hydrogen-bond acceptors (Lipinski definition) is 4. The SMILES string of the molecule is CCCCCNC(=O)c1ccccc1SC.CNC(=O)c1ccccc1SC. The number of unbranched alkanes of at least 4 members (excludes halogenated alkanes) is 2. The molecule has 0 heterocycles. The van der Waals surface area contributed by atoms with Crippen LogP contribution in [0, 0.1) is 0 Å². The van der Waals surface area contributed by atoms with Gasteiger partial charge in [0.1, 0.15) is 0 Å². The quantitative estimate of drug-likeness (QED) is 0.463. The summed E-state index contributed by atoms with van der Waals surface area (Å²) in [7, 11) is 1.64. The molecule has 6 heteroatoms. The topological polar surface area (TPSA) is 58.2 Å². The molecule has 4 nitrogen and oxygen atoms in total. The number of hydrogen-bond donors (Lipinski definition) is 2. The normalized spacial score (nSPS) is 9.86. The Kier molecular flexibility index (Phi) is 12.2. The summed E-state index contributed by atoms with van der Waals surface area (Å²) in [5.74, 6) is 0.0148. The van der Waals surface area contributed by atoms with Gasteiger partial charge in [0, 0.05) is 23.4 Å². The lowest BCUT2D eigenvalue weighted by atomic mass is 10.2. The van der Waals surface area contributed by atoms with E-state index in [-0.39, 0.29) is 11.8 Å². The number of carbonyl (C=O) groups excluding carboxylic acids is 2. The van der Waals surface area contributed by atoms with Crippen LogP contribution in [0.3, 0.4) is 0 Å². The van der Waals surface area contributed by atoms with Gasteiger partial charge in [-0.25, -0.2) is 0 Å². The fourth-order valence-corrected chi connectivity index (χ4v) is 3.66. The molecule has 2 rings (SSSR count). The molecule has 2 aromatic carbocycles. The van der Waals surface area contributed by atoms with E-state index in [4.69, 9.17) is 0 Å². The van der Waals surface area contributed by atoms with Crippen molar-refractivity contribution in [1.29, 1.82) is 0 Å². The van der Waals surface area contributed by atoms with Gasteiger partial charge in [0.15, 0.2) is 0 Å². The molecule has 0 aromatic heterocycles. The molecule has 0 aliphatic rings. The highest BCUT2D eigenvalue weighted by Crippen LogP contribution is 2.20. The van der Waals surface area contributed by atoms with Crippen LogP contribution in [0.2, 0.25) is 0 Å². The van der Waals surface area contributed by atoms with Crippen molar-refractivity contribution in [3.05, 3.63) is 59.7 Å². The minimum Gasteiger partial charge on any atom is -0.355 e. The summed E-state index contributed by atoms with van der Waals surface area (Å²) in [4.78, 5) is 25.2. The predicted molar refractivity (Wildman–Crippen MR) is 122 cm³/mol. The fourth-order valence-electron chi connectivity index (χ4n) is 2.47. The minimum atomic E-state index is -0.0278. The van der Waals surface area contributed by atoms with Gasteiger partial charge in [0.2, 0.25) is 0 Å². The smallest absolute Gasteiger partial charge is 0.252 e. The molecule has 2 N–H and O–H groups in total. The second-order valence-corrected chi connectivity index (χ2v) is 7.64. The monoisotopic (exact) mass is 418 g/mol. The molecule has 0 bridgehead atoms. The summed E-state index contributed by atoms with van der Waals surface area (Å²) < 4.78 is 0. The molecule has 0 saturated carbocycles. The first-order chi connectivity index (χ1) is 13.6. The fraction of sp³-hybridized carbons (Fsp3) is 0.364. The van der Waals surface area contributed by atoms with Gasteiger partial charge in [-0.2, -0.15) is 0 Å². The molecule has 0 radical (unpaired) electrons. The van der Waals surface area contributed by atoms with E-state index in [1.807, 2.05) is 61.0 Å². The lowest BCUT2D eigenvalue weighted by molar-refractivity contribution is 0.0945. The average molecular weight is 419 g/mol. The van der Waals surface area contributed by atoms with Crippen LogP contribution >= 0.6 is 23.5 Å². The van der Waals surface area contributed by atoms with Crippen LogP contribution in [-0.2, 0) is 0 Å². The lowest BCUT2D eigenvalue weighted by Crippen LogP contribution is -2.24. The van der Waals surface area contributed by atoms with Gasteiger partial charge >= 0.3 is 0 Å². The van der Waals surface area contributed by atoms with Gasteiger partial charge in [-0.3, -0.25) is 9.59 Å². The number of thioether (sulfide) groups is 2. The first kappa shape index (κ1) is 24.1. The number of rotatable bonds is 8. The highest BCUT2D eigenvalue weighted by molar-refractivity contribution is 7.99. The lowest BCUT2D eigenvalue weighted by Gasteiger charge is -2.07. The summed E-state index contributed by atoms with van der Waals surface area (Å²) in [5, 5.41) is 5.56. The van der Waals surface area contributed by atoms with Gasteiger partial charge in [0.05, 0.1) is 11.1 Å². The van der Waals surface area contributed by atoms with Gasteiger partial charge in [0.25, 0.3) is 11.8 Å². The zero-order chi connectivity index (χ0) is 20.8. The molecule has 2 aromatic rings. The zero-order valence-electron chi connectivity index (χ0n) is 17.1.